The van der Waals surface area contributed by atoms with Crippen LogP contribution < -0.4 is 10.1 Å². The highest BCUT2D eigenvalue weighted by Crippen LogP contribution is 2.21. The van der Waals surface area contributed by atoms with Crippen LogP contribution in [0.3, 0.4) is 0 Å². The van der Waals surface area contributed by atoms with Gasteiger partial charge in [-0.3, -0.25) is 0 Å². The number of aryl methyl sites for hydroxylation is 1. The van der Waals surface area contributed by atoms with Crippen molar-refractivity contribution in [2.24, 2.45) is 0 Å². The second kappa shape index (κ2) is 9.19. The van der Waals surface area contributed by atoms with Crippen LogP contribution in [0.15, 0.2) is 18.2 Å². The molecular weight excluding hydrogens is 278 g/mol. The first-order valence-electron chi connectivity index (χ1n) is 6.94. The van der Waals surface area contributed by atoms with Crippen molar-refractivity contribution in [1.82, 2.24) is 5.32 Å². The number of hydrogen-bond donors (Lipinski definition) is 3. The molecule has 1 aromatic rings. The van der Waals surface area contributed by atoms with Gasteiger partial charge in [-0.1, -0.05) is 11.6 Å². The lowest BCUT2D eigenvalue weighted by Gasteiger charge is -2.17. The fourth-order valence-corrected chi connectivity index (χ4v) is 1.91. The number of nitrogens with one attached hydrogen (secondary N) is 1. The molecule has 114 valence electrons. The van der Waals surface area contributed by atoms with Crippen molar-refractivity contribution in [3.63, 3.8) is 0 Å². The molecule has 0 fully saturated rings. The minimum Gasteiger partial charge on any atom is -0.491 e. The van der Waals surface area contributed by atoms with E-state index in [9.17, 15) is 5.11 Å². The first kappa shape index (κ1) is 17.2. The summed E-state index contributed by atoms with van der Waals surface area (Å²) in [5, 5.41) is 22.5. The van der Waals surface area contributed by atoms with Crippen LogP contribution in [0.5, 0.6) is 5.75 Å². The molecule has 3 N–H and O–H groups in total. The van der Waals surface area contributed by atoms with Crippen molar-refractivity contribution in [3.8, 4) is 5.75 Å². The van der Waals surface area contributed by atoms with E-state index in [-0.39, 0.29) is 19.3 Å². The van der Waals surface area contributed by atoms with Gasteiger partial charge < -0.3 is 20.3 Å². The van der Waals surface area contributed by atoms with Crippen molar-refractivity contribution < 1.29 is 14.9 Å². The topological polar surface area (TPSA) is 61.7 Å². The molecule has 2 atom stereocenters. The van der Waals surface area contributed by atoms with Crippen molar-refractivity contribution in [1.29, 1.82) is 0 Å². The number of benzene rings is 1. The maximum absolute atomic E-state index is 9.85. The van der Waals surface area contributed by atoms with Crippen molar-refractivity contribution >= 4 is 11.6 Å². The van der Waals surface area contributed by atoms with Gasteiger partial charge in [0.15, 0.2) is 0 Å². The minimum absolute atomic E-state index is 0.202. The quantitative estimate of drug-likeness (QED) is 0.654. The molecule has 20 heavy (non-hydrogen) atoms. The fourth-order valence-electron chi connectivity index (χ4n) is 1.80. The number of ether oxygens (including phenoxy) is 1. The van der Waals surface area contributed by atoms with Gasteiger partial charge in [0.2, 0.25) is 0 Å². The highest BCUT2D eigenvalue weighted by molar-refractivity contribution is 6.31. The number of rotatable bonds is 9. The Kier molecular flexibility index (Phi) is 7.92. The summed E-state index contributed by atoms with van der Waals surface area (Å²) in [6.45, 7) is 4.86. The minimum atomic E-state index is -0.567. The van der Waals surface area contributed by atoms with Gasteiger partial charge in [0.25, 0.3) is 0 Å². The van der Waals surface area contributed by atoms with Gasteiger partial charge in [-0.15, -0.1) is 0 Å². The Morgan fingerprint density at radius 1 is 1.40 bits per heavy atom. The smallest absolute Gasteiger partial charge is 0.119 e. The summed E-state index contributed by atoms with van der Waals surface area (Å²) in [5.74, 6) is 0.708. The van der Waals surface area contributed by atoms with E-state index in [0.29, 0.717) is 17.3 Å². The lowest BCUT2D eigenvalue weighted by atomic mass is 10.2. The van der Waals surface area contributed by atoms with Crippen LogP contribution in [0.25, 0.3) is 0 Å². The molecule has 1 rings (SSSR count). The zero-order valence-electron chi connectivity index (χ0n) is 12.1. The Hall–Kier alpha value is -0.810. The van der Waals surface area contributed by atoms with Gasteiger partial charge >= 0.3 is 0 Å². The number of hydrogen-bond acceptors (Lipinski definition) is 4. The second-order valence-corrected chi connectivity index (χ2v) is 5.46. The zero-order chi connectivity index (χ0) is 15.0. The predicted molar refractivity (Wildman–Crippen MR) is 81.5 cm³/mol. The number of halogens is 1. The first-order valence-corrected chi connectivity index (χ1v) is 7.32. The molecule has 0 spiro atoms. The van der Waals surface area contributed by atoms with Crippen molar-refractivity contribution in [2.45, 2.75) is 38.8 Å². The highest BCUT2D eigenvalue weighted by atomic mass is 35.5. The van der Waals surface area contributed by atoms with E-state index in [1.807, 2.05) is 19.9 Å². The summed E-state index contributed by atoms with van der Waals surface area (Å²) in [6, 6.07) is 5.70. The molecule has 0 aliphatic heterocycles. The van der Waals surface area contributed by atoms with Crippen molar-refractivity contribution in [2.75, 3.05) is 19.8 Å². The lowest BCUT2D eigenvalue weighted by Crippen LogP contribution is -2.36. The summed E-state index contributed by atoms with van der Waals surface area (Å²) >= 11 is 5.94. The monoisotopic (exact) mass is 301 g/mol. The Morgan fingerprint density at radius 3 is 2.80 bits per heavy atom. The Morgan fingerprint density at radius 2 is 2.15 bits per heavy atom. The third-order valence-corrected chi connectivity index (χ3v) is 3.49. The summed E-state index contributed by atoms with van der Waals surface area (Å²) in [6.07, 6.45) is 1.09. The van der Waals surface area contributed by atoms with E-state index in [1.54, 1.807) is 12.1 Å². The highest BCUT2D eigenvalue weighted by Gasteiger charge is 2.08. The molecule has 1 aromatic carbocycles. The largest absolute Gasteiger partial charge is 0.491 e. The Bertz CT molecular complexity index is 401. The van der Waals surface area contributed by atoms with Gasteiger partial charge in [-0.05, 0) is 50.5 Å². The van der Waals surface area contributed by atoms with Gasteiger partial charge in [0, 0.05) is 24.2 Å². The van der Waals surface area contributed by atoms with E-state index in [1.165, 1.54) is 0 Å². The van der Waals surface area contributed by atoms with Crippen LogP contribution >= 0.6 is 11.6 Å². The third-order valence-electron chi connectivity index (χ3n) is 3.07. The van der Waals surface area contributed by atoms with Crippen LogP contribution in [-0.2, 0) is 0 Å². The molecule has 0 aliphatic carbocycles. The van der Waals surface area contributed by atoms with Gasteiger partial charge in [-0.25, -0.2) is 0 Å². The summed E-state index contributed by atoms with van der Waals surface area (Å²) in [4.78, 5) is 0. The van der Waals surface area contributed by atoms with Crippen LogP contribution in [-0.4, -0.2) is 42.1 Å². The SMILES string of the molecule is Cc1cc(OCC(O)CNC(C)CCCO)ccc1Cl. The van der Waals surface area contributed by atoms with Gasteiger partial charge in [-0.2, -0.15) is 0 Å². The zero-order valence-corrected chi connectivity index (χ0v) is 12.9. The first-order chi connectivity index (χ1) is 9.52. The Labute approximate surface area is 125 Å². The van der Waals surface area contributed by atoms with Crippen LogP contribution in [0.2, 0.25) is 5.02 Å². The molecule has 0 saturated heterocycles. The summed E-state index contributed by atoms with van der Waals surface area (Å²) < 4.78 is 5.53. The summed E-state index contributed by atoms with van der Waals surface area (Å²) in [7, 11) is 0. The molecular formula is C15H24ClNO3. The normalized spacial score (nSPS) is 14.1. The molecule has 2 unspecified atom stereocenters. The van der Waals surface area contributed by atoms with E-state index >= 15 is 0 Å². The molecule has 5 heteroatoms. The molecule has 0 amide bonds. The predicted octanol–water partition coefficient (Wildman–Crippen LogP) is 2.14. The van der Waals surface area contributed by atoms with Crippen LogP contribution in [0, 0.1) is 6.92 Å². The Balaban J connectivity index is 2.25. The maximum Gasteiger partial charge on any atom is 0.119 e. The number of aliphatic hydroxyl groups is 2. The molecule has 0 radical (unpaired) electrons. The summed E-state index contributed by atoms with van der Waals surface area (Å²) in [5.41, 5.74) is 0.953. The molecule has 0 saturated carbocycles. The molecule has 0 aliphatic rings. The van der Waals surface area contributed by atoms with Gasteiger partial charge in [0.1, 0.15) is 18.5 Å². The van der Waals surface area contributed by atoms with E-state index in [2.05, 4.69) is 5.32 Å². The molecule has 4 nitrogen and oxygen atoms in total. The standard InChI is InChI=1S/C15H24ClNO3/c1-11-8-14(5-6-15(11)16)20-10-13(19)9-17-12(2)4-3-7-18/h5-6,8,12-13,17-19H,3-4,7,9-10H2,1-2H3. The molecule has 0 heterocycles. The van der Waals surface area contributed by atoms with E-state index in [4.69, 9.17) is 21.4 Å². The maximum atomic E-state index is 9.85. The molecule has 0 aromatic heterocycles. The second-order valence-electron chi connectivity index (χ2n) is 5.05. The average Bonchev–Trinajstić information content (AvgIpc) is 2.44. The van der Waals surface area contributed by atoms with Crippen LogP contribution in [0.1, 0.15) is 25.3 Å². The third kappa shape index (κ3) is 6.57. The van der Waals surface area contributed by atoms with E-state index in [0.717, 1.165) is 18.4 Å². The lowest BCUT2D eigenvalue weighted by molar-refractivity contribution is 0.103. The van der Waals surface area contributed by atoms with Crippen molar-refractivity contribution in [3.05, 3.63) is 28.8 Å². The van der Waals surface area contributed by atoms with Crippen LogP contribution in [0.4, 0.5) is 0 Å². The average molecular weight is 302 g/mol. The van der Waals surface area contributed by atoms with E-state index < -0.39 is 6.10 Å². The van der Waals surface area contributed by atoms with Gasteiger partial charge in [0.05, 0.1) is 0 Å². The molecule has 0 bridgehead atoms. The number of aliphatic hydroxyl groups excluding tert-OH is 2. The fraction of sp³-hybridized carbons (Fsp3) is 0.600.